The maximum Gasteiger partial charge on any atom is 0.264 e. The second kappa shape index (κ2) is 7.85. The normalized spacial score (nSPS) is 13.1. The van der Waals surface area contributed by atoms with Crippen molar-refractivity contribution in [2.45, 2.75) is 19.9 Å². The third-order valence-corrected chi connectivity index (χ3v) is 5.82. The number of thiocarbonyl (C=S) groups is 1. The highest BCUT2D eigenvalue weighted by Crippen LogP contribution is 2.25. The molecule has 0 amide bonds. The fraction of sp³-hybridized carbons (Fsp3) is 0.190. The minimum Gasteiger partial charge on any atom is -0.383 e. The number of nitrogens with zero attached hydrogens (tertiary/aromatic N) is 2. The van der Waals surface area contributed by atoms with E-state index in [0.29, 0.717) is 17.5 Å². The molecule has 2 aromatic carbocycles. The summed E-state index contributed by atoms with van der Waals surface area (Å²) in [5, 5.41) is 3.66. The van der Waals surface area contributed by atoms with Crippen LogP contribution in [-0.4, -0.2) is 21.5 Å². The Balaban J connectivity index is 1.60. The molecule has 1 aliphatic heterocycles. The number of nitrogens with two attached hydrogens (primary N) is 1. The highest BCUT2D eigenvalue weighted by molar-refractivity contribution is 7.81. The Morgan fingerprint density at radius 3 is 2.76 bits per heavy atom. The molecular formula is C21H20ClN5OS. The highest BCUT2D eigenvalue weighted by atomic mass is 35.5. The van der Waals surface area contributed by atoms with Gasteiger partial charge < -0.3 is 16.0 Å². The van der Waals surface area contributed by atoms with E-state index < -0.39 is 0 Å². The molecule has 1 aromatic heterocycles. The highest BCUT2D eigenvalue weighted by Gasteiger charge is 2.21. The summed E-state index contributed by atoms with van der Waals surface area (Å²) >= 11 is 11.6. The minimum absolute atomic E-state index is 0.0970. The van der Waals surface area contributed by atoms with Crippen LogP contribution in [0.2, 0.25) is 5.02 Å². The van der Waals surface area contributed by atoms with Gasteiger partial charge in [0.2, 0.25) is 5.95 Å². The molecule has 0 radical (unpaired) electrons. The molecule has 2 heterocycles. The van der Waals surface area contributed by atoms with E-state index >= 15 is 0 Å². The summed E-state index contributed by atoms with van der Waals surface area (Å²) in [6.07, 6.45) is 0.884. The first kappa shape index (κ1) is 19.4. The summed E-state index contributed by atoms with van der Waals surface area (Å²) in [6, 6.07) is 13.7. The van der Waals surface area contributed by atoms with Gasteiger partial charge in [-0.1, -0.05) is 54.2 Å². The number of aromatic nitrogens is 2. The predicted molar refractivity (Wildman–Crippen MR) is 122 cm³/mol. The number of aromatic amines is 1. The summed E-state index contributed by atoms with van der Waals surface area (Å²) in [5.41, 5.74) is 10.0. The predicted octanol–water partition coefficient (Wildman–Crippen LogP) is 3.66. The largest absolute Gasteiger partial charge is 0.383 e. The maximum atomic E-state index is 12.8. The van der Waals surface area contributed by atoms with Crippen LogP contribution in [-0.2, 0) is 13.0 Å². The number of fused-ring (bicyclic) bond motifs is 1. The molecule has 29 heavy (non-hydrogen) atoms. The first-order valence-electron chi connectivity index (χ1n) is 9.22. The van der Waals surface area contributed by atoms with Gasteiger partial charge in [0.1, 0.15) is 16.4 Å². The van der Waals surface area contributed by atoms with Crippen LogP contribution >= 0.6 is 23.8 Å². The van der Waals surface area contributed by atoms with Crippen LogP contribution in [0.15, 0.2) is 47.3 Å². The molecule has 0 aliphatic carbocycles. The molecule has 0 bridgehead atoms. The summed E-state index contributed by atoms with van der Waals surface area (Å²) in [6.45, 7) is 3.29. The molecule has 4 rings (SSSR count). The maximum absolute atomic E-state index is 12.8. The van der Waals surface area contributed by atoms with Gasteiger partial charge in [-0.25, -0.2) is 0 Å². The number of nitrogen functional groups attached to an aromatic ring is 1. The van der Waals surface area contributed by atoms with Crippen LogP contribution in [0.25, 0.3) is 0 Å². The van der Waals surface area contributed by atoms with E-state index in [-0.39, 0.29) is 21.9 Å². The summed E-state index contributed by atoms with van der Waals surface area (Å²) in [5.74, 6) is 0.548. The average molecular weight is 426 g/mol. The molecule has 3 aromatic rings. The van der Waals surface area contributed by atoms with Crippen LogP contribution in [0.3, 0.4) is 0 Å². The van der Waals surface area contributed by atoms with Crippen molar-refractivity contribution in [3.05, 3.63) is 80.1 Å². The molecule has 8 heteroatoms. The monoisotopic (exact) mass is 425 g/mol. The van der Waals surface area contributed by atoms with Crippen molar-refractivity contribution in [2.24, 2.45) is 0 Å². The summed E-state index contributed by atoms with van der Waals surface area (Å²) < 4.78 is 0. The number of hydrogen-bond acceptors (Lipinski definition) is 5. The van der Waals surface area contributed by atoms with Gasteiger partial charge in [-0.3, -0.25) is 9.78 Å². The minimum atomic E-state index is -0.372. The van der Waals surface area contributed by atoms with Crippen molar-refractivity contribution < 1.29 is 0 Å². The quantitative estimate of drug-likeness (QED) is 0.555. The molecule has 0 saturated carbocycles. The van der Waals surface area contributed by atoms with Crippen LogP contribution < -0.4 is 21.5 Å². The molecule has 0 saturated heterocycles. The first-order valence-corrected chi connectivity index (χ1v) is 10.0. The Morgan fingerprint density at radius 2 is 2.00 bits per heavy atom. The lowest BCUT2D eigenvalue weighted by atomic mass is 10.0. The van der Waals surface area contributed by atoms with Gasteiger partial charge in [0.05, 0.1) is 0 Å². The molecule has 0 atom stereocenters. The molecule has 6 nitrogen and oxygen atoms in total. The third kappa shape index (κ3) is 3.83. The number of rotatable bonds is 3. The first-order chi connectivity index (χ1) is 13.9. The SMILES string of the molecule is Cc1c(Cl)cccc1NC(=S)c1c(N)nc(N2CCc3ccccc3C2)[nH]c1=O. The second-order valence-corrected chi connectivity index (χ2v) is 7.77. The van der Waals surface area contributed by atoms with Gasteiger partial charge in [-0.15, -0.1) is 0 Å². The number of H-pyrrole nitrogens is 1. The molecule has 0 unspecified atom stereocenters. The Kier molecular flexibility index (Phi) is 5.25. The van der Waals surface area contributed by atoms with Crippen molar-refractivity contribution in [1.29, 1.82) is 0 Å². The fourth-order valence-corrected chi connectivity index (χ4v) is 3.93. The van der Waals surface area contributed by atoms with E-state index in [1.165, 1.54) is 11.1 Å². The zero-order valence-corrected chi connectivity index (χ0v) is 17.4. The van der Waals surface area contributed by atoms with Crippen LogP contribution in [0.1, 0.15) is 22.3 Å². The van der Waals surface area contributed by atoms with Gasteiger partial charge in [0, 0.05) is 23.8 Å². The van der Waals surface area contributed by atoms with E-state index in [0.717, 1.165) is 24.2 Å². The molecule has 4 N–H and O–H groups in total. The molecule has 148 valence electrons. The van der Waals surface area contributed by atoms with Gasteiger partial charge in [0.25, 0.3) is 5.56 Å². The molecule has 0 fully saturated rings. The number of benzene rings is 2. The smallest absolute Gasteiger partial charge is 0.264 e. The Bertz CT molecular complexity index is 1160. The molecule has 1 aliphatic rings. The van der Waals surface area contributed by atoms with E-state index in [1.54, 1.807) is 6.07 Å². The van der Waals surface area contributed by atoms with Crippen LogP contribution in [0.4, 0.5) is 17.5 Å². The number of hydrogen-bond donors (Lipinski definition) is 3. The lowest BCUT2D eigenvalue weighted by Gasteiger charge is -2.29. The lowest BCUT2D eigenvalue weighted by molar-refractivity contribution is 0.706. The van der Waals surface area contributed by atoms with Crippen molar-refractivity contribution in [1.82, 2.24) is 9.97 Å². The van der Waals surface area contributed by atoms with Crippen molar-refractivity contribution in [2.75, 3.05) is 22.5 Å². The number of nitrogens with one attached hydrogen (secondary N) is 2. The second-order valence-electron chi connectivity index (χ2n) is 6.96. The standard InChI is InChI=1S/C21H20ClN5OS/c1-12-15(22)7-4-8-16(12)24-20(29)17-18(23)25-21(26-19(17)28)27-10-9-13-5-2-3-6-14(13)11-27/h2-8H,9-11H2,1H3,(H,24,29)(H3,23,25,26,28). The van der Waals surface area contributed by atoms with Gasteiger partial charge >= 0.3 is 0 Å². The lowest BCUT2D eigenvalue weighted by Crippen LogP contribution is -2.35. The van der Waals surface area contributed by atoms with Crippen molar-refractivity contribution in [3.63, 3.8) is 0 Å². The number of halogens is 1. The van der Waals surface area contributed by atoms with Gasteiger partial charge in [-0.05, 0) is 42.2 Å². The zero-order valence-electron chi connectivity index (χ0n) is 15.8. The Hall–Kier alpha value is -2.90. The molecule has 0 spiro atoms. The van der Waals surface area contributed by atoms with Crippen LogP contribution in [0, 0.1) is 6.92 Å². The average Bonchev–Trinajstić information content (AvgIpc) is 2.70. The van der Waals surface area contributed by atoms with Gasteiger partial charge in [-0.2, -0.15) is 4.98 Å². The summed E-state index contributed by atoms with van der Waals surface area (Å²) in [7, 11) is 0. The zero-order chi connectivity index (χ0) is 20.5. The van der Waals surface area contributed by atoms with Crippen molar-refractivity contribution >= 4 is 46.3 Å². The van der Waals surface area contributed by atoms with E-state index in [2.05, 4.69) is 27.4 Å². The Labute approximate surface area is 178 Å². The van der Waals surface area contributed by atoms with E-state index in [9.17, 15) is 4.79 Å². The van der Waals surface area contributed by atoms with E-state index in [4.69, 9.17) is 29.6 Å². The number of anilines is 3. The molecular weight excluding hydrogens is 406 g/mol. The summed E-state index contributed by atoms with van der Waals surface area (Å²) in [4.78, 5) is 22.3. The van der Waals surface area contributed by atoms with Gasteiger partial charge in [0.15, 0.2) is 0 Å². The fourth-order valence-electron chi connectivity index (χ4n) is 3.45. The van der Waals surface area contributed by atoms with Crippen molar-refractivity contribution in [3.8, 4) is 0 Å². The Morgan fingerprint density at radius 1 is 1.24 bits per heavy atom. The van der Waals surface area contributed by atoms with Crippen LogP contribution in [0.5, 0.6) is 0 Å². The topological polar surface area (TPSA) is 87.0 Å². The van der Waals surface area contributed by atoms with E-state index in [1.807, 2.05) is 36.1 Å². The third-order valence-electron chi connectivity index (χ3n) is 5.11.